The Morgan fingerprint density at radius 1 is 0.895 bits per heavy atom. The number of carboxylic acids is 1. The van der Waals surface area contributed by atoms with Crippen LogP contribution in [-0.2, 0) is 35.2 Å². The van der Waals surface area contributed by atoms with Crippen LogP contribution in [0.5, 0.6) is 0 Å². The molecule has 15 heteroatoms. The predicted octanol–water partition coefficient (Wildman–Crippen LogP) is -2.35. The van der Waals surface area contributed by atoms with Crippen molar-refractivity contribution >= 4 is 59.0 Å². The molecule has 5 amide bonds. The quantitative estimate of drug-likeness (QED) is 0.108. The number of para-hydroxylation sites is 1. The average Bonchev–Trinajstić information content (AvgIpc) is 3.26. The SMILES string of the molecule is NC(=O)CCC(NC(=O)C(N)CC(N)=O)C(=O)NC(Cc1c[nH]c2ccccc12)C(=O)NC(CS)C(=O)O. The molecule has 0 aliphatic heterocycles. The second-order valence-corrected chi connectivity index (χ2v) is 8.92. The zero-order chi connectivity index (χ0) is 28.4. The number of thiol groups is 1. The molecule has 4 atom stereocenters. The fourth-order valence-electron chi connectivity index (χ4n) is 3.60. The molecule has 1 aromatic heterocycles. The van der Waals surface area contributed by atoms with Gasteiger partial charge < -0.3 is 43.2 Å². The third kappa shape index (κ3) is 8.77. The minimum Gasteiger partial charge on any atom is -0.480 e. The maximum absolute atomic E-state index is 13.2. The molecule has 4 unspecified atom stereocenters. The van der Waals surface area contributed by atoms with Crippen LogP contribution in [0, 0.1) is 0 Å². The molecule has 0 aliphatic carbocycles. The van der Waals surface area contributed by atoms with E-state index < -0.39 is 66.1 Å². The van der Waals surface area contributed by atoms with Crippen molar-refractivity contribution in [3.63, 3.8) is 0 Å². The number of aliphatic carboxylic acids is 1. The Labute approximate surface area is 222 Å². The maximum Gasteiger partial charge on any atom is 0.327 e. The third-order valence-electron chi connectivity index (χ3n) is 5.60. The van der Waals surface area contributed by atoms with Gasteiger partial charge in [-0.1, -0.05) is 18.2 Å². The Hall–Kier alpha value is -4.11. The van der Waals surface area contributed by atoms with Gasteiger partial charge in [-0.15, -0.1) is 0 Å². The van der Waals surface area contributed by atoms with E-state index in [1.807, 2.05) is 18.2 Å². The number of aromatic amines is 1. The monoisotopic (exact) mass is 549 g/mol. The minimum atomic E-state index is -1.35. The molecule has 206 valence electrons. The first-order valence-electron chi connectivity index (χ1n) is 11.5. The highest BCUT2D eigenvalue weighted by Gasteiger charge is 2.31. The molecule has 11 N–H and O–H groups in total. The molecule has 1 aromatic carbocycles. The number of nitrogens with two attached hydrogens (primary N) is 3. The normalized spacial score (nSPS) is 14.1. The molecule has 0 bridgehead atoms. The van der Waals surface area contributed by atoms with E-state index in [0.29, 0.717) is 5.56 Å². The summed E-state index contributed by atoms with van der Waals surface area (Å²) in [7, 11) is 0. The van der Waals surface area contributed by atoms with Crippen molar-refractivity contribution in [1.82, 2.24) is 20.9 Å². The van der Waals surface area contributed by atoms with Gasteiger partial charge in [0, 0.05) is 35.7 Å². The first-order chi connectivity index (χ1) is 17.9. The number of nitrogens with one attached hydrogen (secondary N) is 4. The zero-order valence-corrected chi connectivity index (χ0v) is 21.2. The molecular formula is C23H31N7O7S. The Morgan fingerprint density at radius 2 is 1.50 bits per heavy atom. The number of H-pyrrole nitrogens is 1. The van der Waals surface area contributed by atoms with Gasteiger partial charge in [-0.05, 0) is 18.1 Å². The largest absolute Gasteiger partial charge is 0.480 e. The van der Waals surface area contributed by atoms with E-state index in [4.69, 9.17) is 17.2 Å². The van der Waals surface area contributed by atoms with Crippen molar-refractivity contribution in [3.05, 3.63) is 36.0 Å². The predicted molar refractivity (Wildman–Crippen MR) is 139 cm³/mol. The van der Waals surface area contributed by atoms with Crippen LogP contribution in [0.25, 0.3) is 10.9 Å². The van der Waals surface area contributed by atoms with Crippen molar-refractivity contribution in [3.8, 4) is 0 Å². The standard InChI is InChI=1S/C23H31N7O7S/c24-13(8-19(26)32)20(33)28-15(5-6-18(25)31)21(34)29-16(22(35)30-17(10-38)23(36)37)7-11-9-27-14-4-2-1-3-12(11)14/h1-4,9,13,15-17,27,38H,5-8,10,24H2,(H2,25,31)(H2,26,32)(H,28,33)(H,29,34)(H,30,35)(H,36,37). The van der Waals surface area contributed by atoms with Crippen LogP contribution in [0.1, 0.15) is 24.8 Å². The lowest BCUT2D eigenvalue weighted by atomic mass is 10.0. The highest BCUT2D eigenvalue weighted by molar-refractivity contribution is 7.80. The Bertz CT molecular complexity index is 1200. The lowest BCUT2D eigenvalue weighted by Gasteiger charge is -2.25. The van der Waals surface area contributed by atoms with Crippen molar-refractivity contribution in [2.24, 2.45) is 17.2 Å². The summed E-state index contributed by atoms with van der Waals surface area (Å²) in [6, 6.07) is 1.91. The summed E-state index contributed by atoms with van der Waals surface area (Å²) < 4.78 is 0. The molecule has 2 rings (SSSR count). The fraction of sp³-hybridized carbons (Fsp3) is 0.391. The first-order valence-corrected chi connectivity index (χ1v) is 12.2. The van der Waals surface area contributed by atoms with Crippen molar-refractivity contribution < 1.29 is 33.9 Å². The van der Waals surface area contributed by atoms with Gasteiger partial charge in [0.1, 0.15) is 18.1 Å². The van der Waals surface area contributed by atoms with Gasteiger partial charge in [0.2, 0.25) is 29.5 Å². The summed E-state index contributed by atoms with van der Waals surface area (Å²) in [5, 5.41) is 17.3. The van der Waals surface area contributed by atoms with Crippen molar-refractivity contribution in [2.75, 3.05) is 5.75 Å². The molecule has 0 spiro atoms. The van der Waals surface area contributed by atoms with E-state index in [9.17, 15) is 33.9 Å². The van der Waals surface area contributed by atoms with Crippen LogP contribution in [0.3, 0.4) is 0 Å². The minimum absolute atomic E-state index is 0.0435. The molecule has 14 nitrogen and oxygen atoms in total. The summed E-state index contributed by atoms with van der Waals surface area (Å²) >= 11 is 3.94. The van der Waals surface area contributed by atoms with Crippen LogP contribution in [0.4, 0.5) is 0 Å². The summed E-state index contributed by atoms with van der Waals surface area (Å²) in [6.45, 7) is 0. The molecule has 0 fully saturated rings. The lowest BCUT2D eigenvalue weighted by Crippen LogP contribution is -2.58. The number of hydrogen-bond donors (Lipinski definition) is 9. The van der Waals surface area contributed by atoms with Crippen molar-refractivity contribution in [1.29, 1.82) is 0 Å². The van der Waals surface area contributed by atoms with E-state index in [-0.39, 0.29) is 25.0 Å². The Kier molecular flexibility index (Phi) is 11.1. The highest BCUT2D eigenvalue weighted by atomic mass is 32.1. The van der Waals surface area contributed by atoms with Crippen LogP contribution in [0.15, 0.2) is 30.5 Å². The molecular weight excluding hydrogens is 518 g/mol. The second-order valence-electron chi connectivity index (χ2n) is 8.55. The molecule has 0 saturated heterocycles. The number of carbonyl (C=O) groups excluding carboxylic acids is 5. The zero-order valence-electron chi connectivity index (χ0n) is 20.3. The Morgan fingerprint density at radius 3 is 2.11 bits per heavy atom. The fourth-order valence-corrected chi connectivity index (χ4v) is 3.85. The van der Waals surface area contributed by atoms with E-state index in [0.717, 1.165) is 10.9 Å². The summed E-state index contributed by atoms with van der Waals surface area (Å²) in [5.74, 6) is -5.65. The van der Waals surface area contributed by atoms with E-state index in [1.54, 1.807) is 12.3 Å². The number of aromatic nitrogens is 1. The molecule has 0 saturated carbocycles. The van der Waals surface area contributed by atoms with Gasteiger partial charge in [-0.3, -0.25) is 24.0 Å². The van der Waals surface area contributed by atoms with Crippen LogP contribution in [0.2, 0.25) is 0 Å². The van der Waals surface area contributed by atoms with Gasteiger partial charge in [0.15, 0.2) is 0 Å². The molecule has 1 heterocycles. The third-order valence-corrected chi connectivity index (χ3v) is 5.96. The number of carbonyl (C=O) groups is 6. The smallest absolute Gasteiger partial charge is 0.327 e. The highest BCUT2D eigenvalue weighted by Crippen LogP contribution is 2.19. The summed E-state index contributed by atoms with van der Waals surface area (Å²) in [5.41, 5.74) is 17.3. The van der Waals surface area contributed by atoms with Crippen molar-refractivity contribution in [2.45, 2.75) is 49.9 Å². The summed E-state index contributed by atoms with van der Waals surface area (Å²) in [6.07, 6.45) is 0.606. The first kappa shape index (κ1) is 30.1. The van der Waals surface area contributed by atoms with Crippen LogP contribution < -0.4 is 33.2 Å². The molecule has 2 aromatic rings. The summed E-state index contributed by atoms with van der Waals surface area (Å²) in [4.78, 5) is 75.6. The molecule has 0 aliphatic rings. The van der Waals surface area contributed by atoms with E-state index in [2.05, 4.69) is 33.6 Å². The van der Waals surface area contributed by atoms with Crippen LogP contribution in [-0.4, -0.2) is 75.5 Å². The average molecular weight is 550 g/mol. The molecule has 38 heavy (non-hydrogen) atoms. The number of carboxylic acid groups (broad SMARTS) is 1. The van der Waals surface area contributed by atoms with Gasteiger partial charge in [-0.25, -0.2) is 4.79 Å². The van der Waals surface area contributed by atoms with Gasteiger partial charge in [0.25, 0.3) is 0 Å². The van der Waals surface area contributed by atoms with Gasteiger partial charge in [0.05, 0.1) is 12.5 Å². The van der Waals surface area contributed by atoms with Gasteiger partial charge >= 0.3 is 5.97 Å². The lowest BCUT2D eigenvalue weighted by molar-refractivity contribution is -0.141. The van der Waals surface area contributed by atoms with Gasteiger partial charge in [-0.2, -0.15) is 12.6 Å². The molecule has 0 radical (unpaired) electrons. The van der Waals surface area contributed by atoms with E-state index >= 15 is 0 Å². The number of amides is 5. The Balaban J connectivity index is 2.31. The topological polar surface area (TPSA) is 253 Å². The van der Waals surface area contributed by atoms with E-state index in [1.165, 1.54) is 0 Å². The number of primary amides is 2. The van der Waals surface area contributed by atoms with Crippen LogP contribution >= 0.6 is 12.6 Å². The number of fused-ring (bicyclic) bond motifs is 1. The second kappa shape index (κ2) is 14.0. The maximum atomic E-state index is 13.2. The number of rotatable bonds is 15. The number of benzene rings is 1. The number of hydrogen-bond acceptors (Lipinski definition) is 8.